The second-order valence-electron chi connectivity index (χ2n) is 6.24. The van der Waals surface area contributed by atoms with Crippen molar-refractivity contribution in [2.75, 3.05) is 0 Å². The number of carbonyl (C=O) groups excluding carboxylic acids is 2. The maximum Gasteiger partial charge on any atom is 0.328 e. The molecule has 0 bridgehead atoms. The highest BCUT2D eigenvalue weighted by Gasteiger charge is 2.50. The summed E-state index contributed by atoms with van der Waals surface area (Å²) >= 11 is 0. The van der Waals surface area contributed by atoms with E-state index in [1.807, 2.05) is 45.0 Å². The number of urea groups is 1. The molecule has 0 saturated carbocycles. The maximum absolute atomic E-state index is 12.5. The van der Waals surface area contributed by atoms with E-state index in [1.54, 1.807) is 4.90 Å². The molecule has 4 heteroatoms. The van der Waals surface area contributed by atoms with Gasteiger partial charge in [0.05, 0.1) is 0 Å². The first-order valence-electron chi connectivity index (χ1n) is 6.61. The van der Waals surface area contributed by atoms with Crippen molar-refractivity contribution in [3.05, 3.63) is 35.4 Å². The van der Waals surface area contributed by atoms with Crippen LogP contribution in [0.4, 0.5) is 4.79 Å². The fraction of sp³-hybridized carbons (Fsp3) is 0.467. The third kappa shape index (κ3) is 1.74. The maximum atomic E-state index is 12.5. The van der Waals surface area contributed by atoms with Crippen LogP contribution in [0.2, 0.25) is 0 Å². The largest absolute Gasteiger partial charge is 0.328 e. The first kappa shape index (κ1) is 12.2. The molecule has 3 amide bonds. The number of hydrogen-bond donors (Lipinski definition) is 0. The van der Waals surface area contributed by atoms with Crippen molar-refractivity contribution in [3.63, 3.8) is 0 Å². The zero-order valence-corrected chi connectivity index (χ0v) is 11.5. The Balaban J connectivity index is 1.99. The fourth-order valence-corrected chi connectivity index (χ4v) is 2.93. The Labute approximate surface area is 113 Å². The zero-order valence-electron chi connectivity index (χ0n) is 11.5. The van der Waals surface area contributed by atoms with Gasteiger partial charge in [0.15, 0.2) is 0 Å². The van der Waals surface area contributed by atoms with Gasteiger partial charge in [-0.25, -0.2) is 4.79 Å². The summed E-state index contributed by atoms with van der Waals surface area (Å²) in [7, 11) is 0. The van der Waals surface area contributed by atoms with Gasteiger partial charge in [0, 0.05) is 18.5 Å². The van der Waals surface area contributed by atoms with Crippen molar-refractivity contribution < 1.29 is 9.59 Å². The molecule has 4 nitrogen and oxygen atoms in total. The normalized spacial score (nSPS) is 22.6. The number of benzene rings is 1. The summed E-state index contributed by atoms with van der Waals surface area (Å²) in [6.07, 6.45) is 0.632. The van der Waals surface area contributed by atoms with E-state index in [4.69, 9.17) is 0 Å². The zero-order chi connectivity index (χ0) is 13.8. The predicted molar refractivity (Wildman–Crippen MR) is 71.5 cm³/mol. The van der Waals surface area contributed by atoms with Gasteiger partial charge in [-0.05, 0) is 31.9 Å². The lowest BCUT2D eigenvalue weighted by atomic mass is 9.94. The molecule has 2 heterocycles. The van der Waals surface area contributed by atoms with Crippen molar-refractivity contribution >= 4 is 11.9 Å². The van der Waals surface area contributed by atoms with E-state index in [2.05, 4.69) is 0 Å². The Bertz CT molecular complexity index is 517. The van der Waals surface area contributed by atoms with Gasteiger partial charge in [-0.2, -0.15) is 0 Å². The minimum atomic E-state index is -0.461. The van der Waals surface area contributed by atoms with Crippen molar-refractivity contribution in [1.82, 2.24) is 9.80 Å². The second-order valence-corrected chi connectivity index (χ2v) is 6.24. The smallest absolute Gasteiger partial charge is 0.308 e. The van der Waals surface area contributed by atoms with Crippen LogP contribution < -0.4 is 0 Å². The average Bonchev–Trinajstić information content (AvgIpc) is 2.59. The molecule has 0 radical (unpaired) electrons. The molecular formula is C15H18N2O2. The van der Waals surface area contributed by atoms with Crippen LogP contribution in [0.5, 0.6) is 0 Å². The number of carbonyl (C=O) groups is 2. The molecule has 2 aliphatic heterocycles. The van der Waals surface area contributed by atoms with Crippen LogP contribution in [0, 0.1) is 0 Å². The first-order valence-corrected chi connectivity index (χ1v) is 6.61. The molecule has 0 aliphatic carbocycles. The minimum Gasteiger partial charge on any atom is -0.308 e. The molecule has 0 aromatic heterocycles. The van der Waals surface area contributed by atoms with Crippen molar-refractivity contribution in [1.29, 1.82) is 0 Å². The number of nitrogens with zero attached hydrogens (tertiary/aromatic N) is 2. The highest BCUT2D eigenvalue weighted by atomic mass is 16.2. The van der Waals surface area contributed by atoms with Crippen LogP contribution in [0.1, 0.15) is 31.9 Å². The topological polar surface area (TPSA) is 40.6 Å². The Morgan fingerprint density at radius 3 is 2.37 bits per heavy atom. The Morgan fingerprint density at radius 2 is 1.74 bits per heavy atom. The van der Waals surface area contributed by atoms with Crippen molar-refractivity contribution in [2.24, 2.45) is 0 Å². The summed E-state index contributed by atoms with van der Waals surface area (Å²) in [5.41, 5.74) is 1.87. The Morgan fingerprint density at radius 1 is 1.11 bits per heavy atom. The van der Waals surface area contributed by atoms with Gasteiger partial charge in [-0.15, -0.1) is 0 Å². The van der Waals surface area contributed by atoms with Crippen LogP contribution in [0.25, 0.3) is 0 Å². The van der Waals surface area contributed by atoms with E-state index in [-0.39, 0.29) is 18.0 Å². The molecule has 2 aliphatic rings. The van der Waals surface area contributed by atoms with Crippen LogP contribution in [-0.2, 0) is 17.8 Å². The van der Waals surface area contributed by atoms with Crippen molar-refractivity contribution in [2.45, 2.75) is 45.3 Å². The number of fused-ring (bicyclic) bond motifs is 2. The lowest BCUT2D eigenvalue weighted by Gasteiger charge is -2.30. The highest BCUT2D eigenvalue weighted by Crippen LogP contribution is 2.33. The second kappa shape index (κ2) is 3.83. The predicted octanol–water partition coefficient (Wildman–Crippen LogP) is 2.17. The van der Waals surface area contributed by atoms with Gasteiger partial charge in [0.2, 0.25) is 0 Å². The Kier molecular flexibility index (Phi) is 2.46. The van der Waals surface area contributed by atoms with E-state index < -0.39 is 5.54 Å². The number of rotatable bonds is 0. The van der Waals surface area contributed by atoms with Gasteiger partial charge in [-0.3, -0.25) is 9.69 Å². The van der Waals surface area contributed by atoms with Crippen LogP contribution >= 0.6 is 0 Å². The molecule has 1 aromatic carbocycles. The SMILES string of the molecule is CC(C)(C)N1C(=O)C2Cc3ccccc3CN2C1=O. The fourth-order valence-electron chi connectivity index (χ4n) is 2.93. The molecule has 0 spiro atoms. The van der Waals surface area contributed by atoms with E-state index in [1.165, 1.54) is 10.5 Å². The minimum absolute atomic E-state index is 0.0630. The summed E-state index contributed by atoms with van der Waals surface area (Å²) in [4.78, 5) is 28.0. The number of amides is 3. The third-order valence-corrected chi connectivity index (χ3v) is 3.86. The monoisotopic (exact) mass is 258 g/mol. The Hall–Kier alpha value is -1.84. The molecular weight excluding hydrogens is 240 g/mol. The van der Waals surface area contributed by atoms with E-state index in [9.17, 15) is 9.59 Å². The molecule has 0 N–H and O–H groups in total. The third-order valence-electron chi connectivity index (χ3n) is 3.86. The summed E-state index contributed by atoms with van der Waals surface area (Å²) in [6, 6.07) is 7.56. The van der Waals surface area contributed by atoms with E-state index in [0.29, 0.717) is 13.0 Å². The van der Waals surface area contributed by atoms with Gasteiger partial charge in [0.25, 0.3) is 5.91 Å². The van der Waals surface area contributed by atoms with Gasteiger partial charge >= 0.3 is 6.03 Å². The van der Waals surface area contributed by atoms with Gasteiger partial charge < -0.3 is 4.90 Å². The highest BCUT2D eigenvalue weighted by molar-refractivity contribution is 6.05. The van der Waals surface area contributed by atoms with Gasteiger partial charge in [0.1, 0.15) is 6.04 Å². The molecule has 1 saturated heterocycles. The molecule has 1 atom stereocenters. The quantitative estimate of drug-likeness (QED) is 0.669. The molecule has 1 unspecified atom stereocenters. The first-order chi connectivity index (χ1) is 8.89. The standard InChI is InChI=1S/C15H18N2O2/c1-15(2,3)17-13(18)12-8-10-6-4-5-7-11(10)9-16(12)14(17)19/h4-7,12H,8-9H2,1-3H3. The lowest BCUT2D eigenvalue weighted by Crippen LogP contribution is -2.46. The van der Waals surface area contributed by atoms with Crippen molar-refractivity contribution in [3.8, 4) is 0 Å². The van der Waals surface area contributed by atoms with E-state index >= 15 is 0 Å². The molecule has 1 aromatic rings. The van der Waals surface area contributed by atoms with E-state index in [0.717, 1.165) is 5.56 Å². The van der Waals surface area contributed by atoms with Crippen LogP contribution in [0.15, 0.2) is 24.3 Å². The van der Waals surface area contributed by atoms with Gasteiger partial charge in [-0.1, -0.05) is 24.3 Å². The average molecular weight is 258 g/mol. The summed E-state index contributed by atoms with van der Waals surface area (Å²) in [5.74, 6) is -0.0630. The summed E-state index contributed by atoms with van der Waals surface area (Å²) in [6.45, 7) is 6.23. The number of hydrogen-bond acceptors (Lipinski definition) is 2. The van der Waals surface area contributed by atoms with Crippen LogP contribution in [0.3, 0.4) is 0 Å². The lowest BCUT2D eigenvalue weighted by molar-refractivity contribution is -0.131. The molecule has 100 valence electrons. The molecule has 3 rings (SSSR count). The van der Waals surface area contributed by atoms with Crippen LogP contribution in [-0.4, -0.2) is 33.3 Å². The number of imide groups is 1. The molecule has 1 fully saturated rings. The summed E-state index contributed by atoms with van der Waals surface area (Å²) in [5, 5.41) is 0. The molecule has 19 heavy (non-hydrogen) atoms. The summed E-state index contributed by atoms with van der Waals surface area (Å²) < 4.78 is 0.